The third kappa shape index (κ3) is 1.43. The van der Waals surface area contributed by atoms with Crippen LogP contribution in [0.4, 0.5) is 11.8 Å². The highest BCUT2D eigenvalue weighted by molar-refractivity contribution is 5.54. The fourth-order valence-corrected chi connectivity index (χ4v) is 2.28. The van der Waals surface area contributed by atoms with Gasteiger partial charge in [0.25, 0.3) is 0 Å². The quantitative estimate of drug-likeness (QED) is 0.713. The molecule has 3 N–H and O–H groups in total. The van der Waals surface area contributed by atoms with Gasteiger partial charge in [0.05, 0.1) is 5.69 Å². The number of aromatic nitrogens is 2. The molecule has 80 valence electrons. The summed E-state index contributed by atoms with van der Waals surface area (Å²) in [6.07, 6.45) is 3.26. The number of nitrogens with one attached hydrogen (secondary N) is 1. The molecule has 0 amide bonds. The monoisotopic (exact) mass is 206 g/mol. The zero-order valence-corrected chi connectivity index (χ0v) is 8.49. The Labute approximate surface area is 88.1 Å². The van der Waals surface area contributed by atoms with Crippen molar-refractivity contribution in [1.82, 2.24) is 9.97 Å². The van der Waals surface area contributed by atoms with Gasteiger partial charge in [0.1, 0.15) is 11.9 Å². The van der Waals surface area contributed by atoms with Gasteiger partial charge in [-0.2, -0.15) is 4.98 Å². The number of fused-ring (bicyclic) bond motifs is 1. The van der Waals surface area contributed by atoms with Crippen LogP contribution in [0.3, 0.4) is 0 Å². The Morgan fingerprint density at radius 1 is 1.40 bits per heavy atom. The first-order valence-corrected chi connectivity index (χ1v) is 5.36. The summed E-state index contributed by atoms with van der Waals surface area (Å²) in [7, 11) is 0. The van der Waals surface area contributed by atoms with E-state index < -0.39 is 0 Å². The van der Waals surface area contributed by atoms with Crippen molar-refractivity contribution in [2.24, 2.45) is 0 Å². The molecule has 5 nitrogen and oxygen atoms in total. The summed E-state index contributed by atoms with van der Waals surface area (Å²) in [6.45, 7) is 1.75. The Balaban J connectivity index is 2.05. The molecule has 1 atom stereocenters. The molecule has 15 heavy (non-hydrogen) atoms. The Morgan fingerprint density at radius 2 is 2.33 bits per heavy atom. The maximum Gasteiger partial charge on any atom is 0.222 e. The third-order valence-corrected chi connectivity index (χ3v) is 2.96. The lowest BCUT2D eigenvalue weighted by Crippen LogP contribution is -2.08. The number of nitrogens with zero attached hydrogens (tertiary/aromatic N) is 2. The van der Waals surface area contributed by atoms with E-state index in [0.717, 1.165) is 43.9 Å². The van der Waals surface area contributed by atoms with Crippen LogP contribution in [0.2, 0.25) is 0 Å². The van der Waals surface area contributed by atoms with Crippen LogP contribution in [0.25, 0.3) is 0 Å². The first-order chi connectivity index (χ1) is 7.34. The largest absolute Gasteiger partial charge is 0.372 e. The molecule has 0 radical (unpaired) electrons. The van der Waals surface area contributed by atoms with Crippen molar-refractivity contribution in [2.75, 3.05) is 24.2 Å². The molecule has 1 unspecified atom stereocenters. The summed E-state index contributed by atoms with van der Waals surface area (Å²) < 4.78 is 5.65. The predicted octanol–water partition coefficient (Wildman–Crippen LogP) is 0.878. The van der Waals surface area contributed by atoms with Gasteiger partial charge in [-0.1, -0.05) is 0 Å². The van der Waals surface area contributed by atoms with E-state index in [1.807, 2.05) is 0 Å². The Morgan fingerprint density at radius 3 is 3.13 bits per heavy atom. The van der Waals surface area contributed by atoms with Crippen LogP contribution in [0, 0.1) is 0 Å². The lowest BCUT2D eigenvalue weighted by Gasteiger charge is -2.12. The molecular weight excluding hydrogens is 192 g/mol. The second kappa shape index (κ2) is 3.34. The maximum atomic E-state index is 5.68. The van der Waals surface area contributed by atoms with Crippen molar-refractivity contribution in [1.29, 1.82) is 0 Å². The standard InChI is InChI=1S/C10H14N4O/c11-10-13-8(7-2-1-5-15-7)6-3-4-12-9(6)14-10/h7H,1-5H2,(H3,11,12,13,14). The van der Waals surface area contributed by atoms with Crippen molar-refractivity contribution in [3.8, 4) is 0 Å². The smallest absolute Gasteiger partial charge is 0.222 e. The molecule has 1 fully saturated rings. The number of rotatable bonds is 1. The van der Waals surface area contributed by atoms with Gasteiger partial charge in [0.15, 0.2) is 0 Å². The molecule has 0 spiro atoms. The van der Waals surface area contributed by atoms with Gasteiger partial charge in [-0.05, 0) is 19.3 Å². The van der Waals surface area contributed by atoms with Gasteiger partial charge in [0.2, 0.25) is 5.95 Å². The molecule has 5 heteroatoms. The molecule has 0 saturated carbocycles. The third-order valence-electron chi connectivity index (χ3n) is 2.96. The second-order valence-corrected chi connectivity index (χ2v) is 3.97. The van der Waals surface area contributed by atoms with Crippen LogP contribution < -0.4 is 11.1 Å². The maximum absolute atomic E-state index is 5.68. The second-order valence-electron chi connectivity index (χ2n) is 3.97. The number of hydrogen-bond donors (Lipinski definition) is 2. The van der Waals surface area contributed by atoms with Gasteiger partial charge in [-0.25, -0.2) is 4.98 Å². The fraction of sp³-hybridized carbons (Fsp3) is 0.600. The lowest BCUT2D eigenvalue weighted by molar-refractivity contribution is 0.108. The van der Waals surface area contributed by atoms with Crippen LogP contribution in [0.15, 0.2) is 0 Å². The molecule has 0 aromatic carbocycles. The average Bonchev–Trinajstić information content (AvgIpc) is 2.86. The van der Waals surface area contributed by atoms with E-state index in [1.54, 1.807) is 0 Å². The van der Waals surface area contributed by atoms with E-state index >= 15 is 0 Å². The minimum Gasteiger partial charge on any atom is -0.372 e. The van der Waals surface area contributed by atoms with Crippen molar-refractivity contribution in [3.05, 3.63) is 11.3 Å². The van der Waals surface area contributed by atoms with Gasteiger partial charge in [0, 0.05) is 18.7 Å². The van der Waals surface area contributed by atoms with Crippen LogP contribution in [-0.4, -0.2) is 23.1 Å². The number of nitrogens with two attached hydrogens (primary N) is 1. The highest BCUT2D eigenvalue weighted by atomic mass is 16.5. The minimum atomic E-state index is 0.129. The molecule has 2 aliphatic heterocycles. The molecule has 1 aromatic heterocycles. The number of ether oxygens (including phenoxy) is 1. The van der Waals surface area contributed by atoms with Gasteiger partial charge < -0.3 is 15.8 Å². The summed E-state index contributed by atoms with van der Waals surface area (Å²) in [5.74, 6) is 1.24. The SMILES string of the molecule is Nc1nc2c(c(C3CCCO3)n1)CCN2. The van der Waals surface area contributed by atoms with Crippen LogP contribution >= 0.6 is 0 Å². The average molecular weight is 206 g/mol. The topological polar surface area (TPSA) is 73.1 Å². The number of anilines is 2. The summed E-state index contributed by atoms with van der Waals surface area (Å²) in [5, 5.41) is 3.22. The van der Waals surface area contributed by atoms with Gasteiger partial charge in [-0.15, -0.1) is 0 Å². The molecular formula is C10H14N4O. The zero-order chi connectivity index (χ0) is 10.3. The van der Waals surface area contributed by atoms with Crippen LogP contribution in [0.5, 0.6) is 0 Å². The van der Waals surface area contributed by atoms with Crippen LogP contribution in [0.1, 0.15) is 30.2 Å². The van der Waals surface area contributed by atoms with E-state index in [1.165, 1.54) is 5.56 Å². The lowest BCUT2D eigenvalue weighted by atomic mass is 10.1. The van der Waals surface area contributed by atoms with Crippen LogP contribution in [-0.2, 0) is 11.2 Å². The van der Waals surface area contributed by atoms with Crippen molar-refractivity contribution >= 4 is 11.8 Å². The van der Waals surface area contributed by atoms with E-state index in [2.05, 4.69) is 15.3 Å². The van der Waals surface area contributed by atoms with Crippen molar-refractivity contribution in [2.45, 2.75) is 25.4 Å². The molecule has 3 heterocycles. The van der Waals surface area contributed by atoms with E-state index in [4.69, 9.17) is 10.5 Å². The van der Waals surface area contributed by atoms with E-state index in [-0.39, 0.29) is 6.10 Å². The predicted molar refractivity (Wildman–Crippen MR) is 56.6 cm³/mol. The highest BCUT2D eigenvalue weighted by Crippen LogP contribution is 2.34. The molecule has 1 aromatic rings. The zero-order valence-electron chi connectivity index (χ0n) is 8.49. The first-order valence-electron chi connectivity index (χ1n) is 5.36. The first kappa shape index (κ1) is 8.91. The van der Waals surface area contributed by atoms with Gasteiger partial charge >= 0.3 is 0 Å². The van der Waals surface area contributed by atoms with E-state index in [9.17, 15) is 0 Å². The summed E-state index contributed by atoms with van der Waals surface area (Å²) >= 11 is 0. The molecule has 0 bridgehead atoms. The molecule has 2 aliphatic rings. The number of hydrogen-bond acceptors (Lipinski definition) is 5. The van der Waals surface area contributed by atoms with Gasteiger partial charge in [-0.3, -0.25) is 0 Å². The Bertz CT molecular complexity index is 387. The van der Waals surface area contributed by atoms with E-state index in [0.29, 0.717) is 5.95 Å². The summed E-state index contributed by atoms with van der Waals surface area (Å²) in [6, 6.07) is 0. The summed E-state index contributed by atoms with van der Waals surface area (Å²) in [5.41, 5.74) is 7.87. The van der Waals surface area contributed by atoms with Crippen molar-refractivity contribution in [3.63, 3.8) is 0 Å². The van der Waals surface area contributed by atoms with Crippen molar-refractivity contribution < 1.29 is 4.74 Å². The molecule has 1 saturated heterocycles. The minimum absolute atomic E-state index is 0.129. The molecule has 3 rings (SSSR count). The Kier molecular flexibility index (Phi) is 1.98. The normalized spacial score (nSPS) is 23.9. The highest BCUT2D eigenvalue weighted by Gasteiger charge is 2.26. The summed E-state index contributed by atoms with van der Waals surface area (Å²) in [4.78, 5) is 8.51. The molecule has 0 aliphatic carbocycles. The number of nitrogen functional groups attached to an aromatic ring is 1. The fourth-order valence-electron chi connectivity index (χ4n) is 2.28. The Hall–Kier alpha value is -1.36.